The number of aliphatic carboxylic acids is 2. The maximum absolute atomic E-state index is 13.6. The van der Waals surface area contributed by atoms with Gasteiger partial charge in [0.25, 0.3) is 11.8 Å². The summed E-state index contributed by atoms with van der Waals surface area (Å²) in [6, 6.07) is 18.4. The Morgan fingerprint density at radius 1 is 0.774 bits per heavy atom. The van der Waals surface area contributed by atoms with E-state index in [1.165, 1.54) is 26.4 Å². The van der Waals surface area contributed by atoms with Crippen LogP contribution >= 0.6 is 0 Å². The number of hydrogen-bond donors (Lipinski definition) is 4. The predicted molar refractivity (Wildman–Crippen MR) is 192 cm³/mol. The number of anilines is 2. The molecule has 0 radical (unpaired) electrons. The topological polar surface area (TPSA) is 201 Å². The van der Waals surface area contributed by atoms with Crippen LogP contribution in [0.25, 0.3) is 10.8 Å². The fraction of sp³-hybridized carbons (Fsp3) is 0.289. The molecular formula is C38H39N3O12. The van der Waals surface area contributed by atoms with Gasteiger partial charge in [0, 0.05) is 53.3 Å². The number of nitrogens with zero attached hydrogens (tertiary/aromatic N) is 2. The van der Waals surface area contributed by atoms with E-state index in [1.54, 1.807) is 42.5 Å². The first-order valence-electron chi connectivity index (χ1n) is 16.6. The Morgan fingerprint density at radius 3 is 1.98 bits per heavy atom. The van der Waals surface area contributed by atoms with Crippen LogP contribution in [0.5, 0.6) is 11.5 Å². The Bertz CT molecular complexity index is 1970. The molecule has 4 aromatic carbocycles. The van der Waals surface area contributed by atoms with E-state index < -0.39 is 42.9 Å². The molecule has 0 spiro atoms. The van der Waals surface area contributed by atoms with Gasteiger partial charge in [-0.3, -0.25) is 14.5 Å². The van der Waals surface area contributed by atoms with Gasteiger partial charge in [-0.1, -0.05) is 24.3 Å². The molecule has 1 aliphatic rings. The molecule has 1 heterocycles. The van der Waals surface area contributed by atoms with Gasteiger partial charge in [0.1, 0.15) is 24.7 Å². The van der Waals surface area contributed by atoms with Crippen LogP contribution in [-0.2, 0) is 32.0 Å². The Balaban J connectivity index is 1.32. The van der Waals surface area contributed by atoms with Crippen LogP contribution in [0, 0.1) is 0 Å². The minimum absolute atomic E-state index is 0.00770. The first-order chi connectivity index (χ1) is 25.5. The van der Waals surface area contributed by atoms with Crippen molar-refractivity contribution >= 4 is 51.9 Å². The standard InChI is InChI=1S/C38H39N3O12/c1-50-31-19-30(40(14-16-52-21-33(42)43)15-17-53-22-34(44)45)32(51-2)18-25(31)12-13-39-29-11-10-28-35-26(29)4-3-5-27(35)36(46)41(37(28)47)20-23-6-8-24(9-7-23)38(48)49/h3-11,18-19,39H,12-17,20-22H2,1-2H3,(H,42,43)(H,44,45)(H,48,49). The first kappa shape index (κ1) is 38.1. The van der Waals surface area contributed by atoms with Gasteiger partial charge in [-0.25, -0.2) is 14.4 Å². The van der Waals surface area contributed by atoms with E-state index in [2.05, 4.69) is 5.32 Å². The van der Waals surface area contributed by atoms with Crippen molar-refractivity contribution in [2.45, 2.75) is 13.0 Å². The number of carbonyl (C=O) groups excluding carboxylic acids is 2. The number of rotatable bonds is 20. The average molecular weight is 730 g/mol. The van der Waals surface area contributed by atoms with Gasteiger partial charge in [0.2, 0.25) is 0 Å². The number of hydrogen-bond acceptors (Lipinski definition) is 11. The minimum Gasteiger partial charge on any atom is -0.496 e. The van der Waals surface area contributed by atoms with Crippen molar-refractivity contribution in [3.8, 4) is 11.5 Å². The smallest absolute Gasteiger partial charge is 0.335 e. The molecule has 5 rings (SSSR count). The number of nitrogens with one attached hydrogen (secondary N) is 1. The number of methoxy groups -OCH3 is 2. The van der Waals surface area contributed by atoms with Crippen LogP contribution in [0.15, 0.2) is 66.7 Å². The number of imide groups is 1. The van der Waals surface area contributed by atoms with Gasteiger partial charge in [-0.2, -0.15) is 0 Å². The molecule has 15 heteroatoms. The van der Waals surface area contributed by atoms with Crippen molar-refractivity contribution in [2.75, 3.05) is 70.5 Å². The average Bonchev–Trinajstić information content (AvgIpc) is 3.14. The van der Waals surface area contributed by atoms with Gasteiger partial charge in [-0.15, -0.1) is 0 Å². The van der Waals surface area contributed by atoms with Crippen LogP contribution in [0.1, 0.15) is 42.2 Å². The van der Waals surface area contributed by atoms with Crippen LogP contribution in [0.2, 0.25) is 0 Å². The molecule has 4 N–H and O–H groups in total. The highest BCUT2D eigenvalue weighted by Crippen LogP contribution is 2.37. The summed E-state index contributed by atoms with van der Waals surface area (Å²) in [5.41, 5.74) is 3.64. The van der Waals surface area contributed by atoms with Gasteiger partial charge in [0.05, 0.1) is 45.2 Å². The summed E-state index contributed by atoms with van der Waals surface area (Å²) in [5.74, 6) is -3.10. The molecular weight excluding hydrogens is 690 g/mol. The summed E-state index contributed by atoms with van der Waals surface area (Å²) in [7, 11) is 3.05. The van der Waals surface area contributed by atoms with E-state index in [-0.39, 0.29) is 38.4 Å². The van der Waals surface area contributed by atoms with Crippen molar-refractivity contribution in [1.82, 2.24) is 4.90 Å². The number of ether oxygens (including phenoxy) is 4. The lowest BCUT2D eigenvalue weighted by molar-refractivity contribution is -0.142. The van der Waals surface area contributed by atoms with Crippen molar-refractivity contribution < 1.29 is 58.2 Å². The molecule has 15 nitrogen and oxygen atoms in total. The van der Waals surface area contributed by atoms with E-state index in [9.17, 15) is 29.1 Å². The van der Waals surface area contributed by atoms with Gasteiger partial charge >= 0.3 is 17.9 Å². The fourth-order valence-electron chi connectivity index (χ4n) is 6.12. The highest BCUT2D eigenvalue weighted by Gasteiger charge is 2.33. The van der Waals surface area contributed by atoms with Crippen molar-refractivity contribution in [2.24, 2.45) is 0 Å². The van der Waals surface area contributed by atoms with E-state index in [0.717, 1.165) is 16.2 Å². The normalized spacial score (nSPS) is 12.2. The molecule has 2 amide bonds. The molecule has 53 heavy (non-hydrogen) atoms. The predicted octanol–water partition coefficient (Wildman–Crippen LogP) is 4.01. The third-order valence-electron chi connectivity index (χ3n) is 8.63. The summed E-state index contributed by atoms with van der Waals surface area (Å²) in [5, 5.41) is 31.7. The molecule has 0 saturated carbocycles. The summed E-state index contributed by atoms with van der Waals surface area (Å²) in [6.45, 7) is 0.178. The van der Waals surface area contributed by atoms with Crippen LogP contribution < -0.4 is 19.7 Å². The SMILES string of the molecule is COc1cc(N(CCOCC(=O)O)CCOCC(=O)O)c(OC)cc1CCNc1ccc2c3c(cccc13)C(=O)N(Cc1ccc(C(=O)O)cc1)C2=O. The second kappa shape index (κ2) is 17.4. The van der Waals surface area contributed by atoms with Crippen molar-refractivity contribution in [3.63, 3.8) is 0 Å². The quantitative estimate of drug-likeness (QED) is 0.0751. The number of amides is 2. The summed E-state index contributed by atoms with van der Waals surface area (Å²) in [4.78, 5) is 63.3. The zero-order chi connectivity index (χ0) is 38.1. The molecule has 0 fully saturated rings. The molecule has 0 saturated heterocycles. The highest BCUT2D eigenvalue weighted by molar-refractivity contribution is 6.26. The molecule has 0 unspecified atom stereocenters. The lowest BCUT2D eigenvalue weighted by Crippen LogP contribution is -2.39. The van der Waals surface area contributed by atoms with E-state index in [0.29, 0.717) is 57.6 Å². The van der Waals surface area contributed by atoms with Crippen molar-refractivity contribution in [1.29, 1.82) is 0 Å². The van der Waals surface area contributed by atoms with E-state index >= 15 is 0 Å². The number of benzene rings is 4. The number of aromatic carboxylic acids is 1. The third-order valence-corrected chi connectivity index (χ3v) is 8.63. The third kappa shape index (κ3) is 9.01. The largest absolute Gasteiger partial charge is 0.496 e. The van der Waals surface area contributed by atoms with Crippen LogP contribution in [-0.4, -0.2) is 110 Å². The van der Waals surface area contributed by atoms with Crippen LogP contribution in [0.4, 0.5) is 11.4 Å². The molecule has 1 aliphatic heterocycles. The number of carbonyl (C=O) groups is 5. The Labute approximate surface area is 304 Å². The highest BCUT2D eigenvalue weighted by atomic mass is 16.5. The van der Waals surface area contributed by atoms with Crippen LogP contribution in [0.3, 0.4) is 0 Å². The number of carboxylic acids is 3. The van der Waals surface area contributed by atoms with Crippen molar-refractivity contribution in [3.05, 3.63) is 94.5 Å². The lowest BCUT2D eigenvalue weighted by Gasteiger charge is -2.28. The van der Waals surface area contributed by atoms with Gasteiger partial charge in [0.15, 0.2) is 0 Å². The summed E-state index contributed by atoms with van der Waals surface area (Å²) >= 11 is 0. The lowest BCUT2D eigenvalue weighted by atomic mass is 9.92. The van der Waals surface area contributed by atoms with Gasteiger partial charge in [-0.05, 0) is 53.9 Å². The maximum atomic E-state index is 13.6. The van der Waals surface area contributed by atoms with E-state index in [4.69, 9.17) is 29.2 Å². The molecule has 0 aromatic heterocycles. The summed E-state index contributed by atoms with van der Waals surface area (Å²) in [6.07, 6.45) is 0.485. The molecule has 0 aliphatic carbocycles. The zero-order valence-corrected chi connectivity index (χ0v) is 29.1. The summed E-state index contributed by atoms with van der Waals surface area (Å²) < 4.78 is 21.9. The molecule has 0 atom stereocenters. The monoisotopic (exact) mass is 729 g/mol. The first-order valence-corrected chi connectivity index (χ1v) is 16.6. The minimum atomic E-state index is -1.10. The molecule has 278 valence electrons. The zero-order valence-electron chi connectivity index (χ0n) is 29.1. The molecule has 4 aromatic rings. The number of carboxylic acid groups (broad SMARTS) is 3. The molecule has 0 bridgehead atoms. The van der Waals surface area contributed by atoms with E-state index in [1.807, 2.05) is 17.0 Å². The van der Waals surface area contributed by atoms with Gasteiger partial charge < -0.3 is 44.5 Å². The Morgan fingerprint density at radius 2 is 1.40 bits per heavy atom. The Hall–Kier alpha value is -6.19. The second-order valence-corrected chi connectivity index (χ2v) is 12.0. The Kier molecular flexibility index (Phi) is 12.5. The second-order valence-electron chi connectivity index (χ2n) is 12.0. The maximum Gasteiger partial charge on any atom is 0.335 e. The fourth-order valence-corrected chi connectivity index (χ4v) is 6.12.